The van der Waals surface area contributed by atoms with Gasteiger partial charge in [-0.3, -0.25) is 10.1 Å². The predicted octanol–water partition coefficient (Wildman–Crippen LogP) is 4.05. The van der Waals surface area contributed by atoms with Crippen LogP contribution in [0.3, 0.4) is 0 Å². The second-order valence-electron chi connectivity index (χ2n) is 5.64. The number of fused-ring (bicyclic) bond motifs is 1. The van der Waals surface area contributed by atoms with Crippen molar-refractivity contribution in [3.05, 3.63) is 46.4 Å². The summed E-state index contributed by atoms with van der Waals surface area (Å²) >= 11 is 17.1. The highest BCUT2D eigenvalue weighted by atomic mass is 35.5. The molecule has 2 N–H and O–H groups in total. The molecule has 6 nitrogen and oxygen atoms in total. The Morgan fingerprint density at radius 3 is 2.63 bits per heavy atom. The predicted molar refractivity (Wildman–Crippen MR) is 108 cm³/mol. The van der Waals surface area contributed by atoms with Crippen LogP contribution in [0.25, 0.3) is 0 Å². The topological polar surface area (TPSA) is 68.8 Å². The molecule has 1 aliphatic rings. The summed E-state index contributed by atoms with van der Waals surface area (Å²) < 4.78 is 16.5. The first-order chi connectivity index (χ1) is 12.9. The van der Waals surface area contributed by atoms with Crippen molar-refractivity contribution in [2.24, 2.45) is 0 Å². The van der Waals surface area contributed by atoms with Crippen molar-refractivity contribution < 1.29 is 19.0 Å². The number of rotatable bonds is 4. The number of carbonyl (C=O) groups is 1. The molecule has 1 amide bonds. The SMILES string of the molecule is CC(Oc1ccc(Cl)cc1Cl)C(=O)NC(=S)Nc1ccc2c(c1)OCCO2. The molecule has 1 unspecified atom stereocenters. The van der Waals surface area contributed by atoms with Crippen LogP contribution in [0.4, 0.5) is 5.69 Å². The molecule has 0 aliphatic carbocycles. The van der Waals surface area contributed by atoms with Crippen molar-refractivity contribution in [2.45, 2.75) is 13.0 Å². The number of halogens is 2. The van der Waals surface area contributed by atoms with E-state index in [1.54, 1.807) is 37.3 Å². The molecule has 0 fully saturated rings. The maximum Gasteiger partial charge on any atom is 0.266 e. The van der Waals surface area contributed by atoms with E-state index in [0.717, 1.165) is 0 Å². The van der Waals surface area contributed by atoms with Gasteiger partial charge in [0.25, 0.3) is 5.91 Å². The summed E-state index contributed by atoms with van der Waals surface area (Å²) in [4.78, 5) is 12.3. The van der Waals surface area contributed by atoms with Crippen LogP contribution in [0.15, 0.2) is 36.4 Å². The van der Waals surface area contributed by atoms with Crippen molar-refractivity contribution in [1.29, 1.82) is 0 Å². The third-order valence-corrected chi connectivity index (χ3v) is 4.34. The molecule has 1 heterocycles. The van der Waals surface area contributed by atoms with Gasteiger partial charge in [0.1, 0.15) is 19.0 Å². The van der Waals surface area contributed by atoms with Crippen LogP contribution < -0.4 is 24.8 Å². The van der Waals surface area contributed by atoms with E-state index in [2.05, 4.69) is 10.6 Å². The standard InChI is InChI=1S/C18H16Cl2N2O4S/c1-10(26-14-4-2-11(19)8-13(14)20)17(23)22-18(27)21-12-3-5-15-16(9-12)25-7-6-24-15/h2-5,8-10H,6-7H2,1H3,(H2,21,22,23,27). The Kier molecular flexibility index (Phi) is 6.26. The van der Waals surface area contributed by atoms with Crippen molar-refractivity contribution >= 4 is 52.1 Å². The molecule has 2 aromatic rings. The summed E-state index contributed by atoms with van der Waals surface area (Å²) in [5, 5.41) is 6.43. The molecule has 142 valence electrons. The van der Waals surface area contributed by atoms with Gasteiger partial charge < -0.3 is 19.5 Å². The lowest BCUT2D eigenvalue weighted by Gasteiger charge is -2.20. The molecule has 27 heavy (non-hydrogen) atoms. The van der Waals surface area contributed by atoms with Gasteiger partial charge in [0.05, 0.1) is 5.02 Å². The van der Waals surface area contributed by atoms with Crippen LogP contribution in [0.5, 0.6) is 17.2 Å². The maximum atomic E-state index is 12.3. The minimum Gasteiger partial charge on any atom is -0.486 e. The number of thiocarbonyl (C=S) groups is 1. The lowest BCUT2D eigenvalue weighted by molar-refractivity contribution is -0.125. The molecule has 0 radical (unpaired) electrons. The number of anilines is 1. The molecule has 1 atom stereocenters. The van der Waals surface area contributed by atoms with Crippen molar-refractivity contribution in [3.63, 3.8) is 0 Å². The molecule has 0 saturated heterocycles. The zero-order valence-corrected chi connectivity index (χ0v) is 16.6. The Morgan fingerprint density at radius 1 is 1.15 bits per heavy atom. The molecule has 0 saturated carbocycles. The number of hydrogen-bond donors (Lipinski definition) is 2. The van der Waals surface area contributed by atoms with Gasteiger partial charge >= 0.3 is 0 Å². The molecular weight excluding hydrogens is 411 g/mol. The third-order valence-electron chi connectivity index (χ3n) is 3.60. The fraction of sp³-hybridized carbons (Fsp3) is 0.222. The fourth-order valence-electron chi connectivity index (χ4n) is 2.31. The number of hydrogen-bond acceptors (Lipinski definition) is 5. The van der Waals surface area contributed by atoms with Crippen molar-refractivity contribution in [3.8, 4) is 17.2 Å². The number of benzene rings is 2. The second kappa shape index (κ2) is 8.65. The summed E-state index contributed by atoms with van der Waals surface area (Å²) in [5.74, 6) is 1.23. The van der Waals surface area contributed by atoms with E-state index in [1.165, 1.54) is 6.07 Å². The maximum absolute atomic E-state index is 12.3. The van der Waals surface area contributed by atoms with Crippen molar-refractivity contribution in [1.82, 2.24) is 5.32 Å². The van der Waals surface area contributed by atoms with Crippen LogP contribution in [-0.4, -0.2) is 30.3 Å². The Morgan fingerprint density at radius 2 is 1.89 bits per heavy atom. The number of nitrogens with one attached hydrogen (secondary N) is 2. The van der Waals surface area contributed by atoms with Gasteiger partial charge in [0.15, 0.2) is 22.7 Å². The Bertz CT molecular complexity index is 878. The van der Waals surface area contributed by atoms with Gasteiger partial charge in [-0.1, -0.05) is 23.2 Å². The Hall–Kier alpha value is -2.22. The summed E-state index contributed by atoms with van der Waals surface area (Å²) in [6.45, 7) is 2.59. The van der Waals surface area contributed by atoms with E-state index >= 15 is 0 Å². The van der Waals surface area contributed by atoms with Crippen LogP contribution in [-0.2, 0) is 4.79 Å². The van der Waals surface area contributed by atoms with Gasteiger partial charge in [0.2, 0.25) is 0 Å². The summed E-state index contributed by atoms with van der Waals surface area (Å²) in [5.41, 5.74) is 0.666. The highest BCUT2D eigenvalue weighted by Crippen LogP contribution is 2.32. The molecule has 9 heteroatoms. The van der Waals surface area contributed by atoms with Gasteiger partial charge in [-0.25, -0.2) is 0 Å². The van der Waals surface area contributed by atoms with E-state index < -0.39 is 12.0 Å². The fourth-order valence-corrected chi connectivity index (χ4v) is 2.98. The van der Waals surface area contributed by atoms with E-state index in [0.29, 0.717) is 46.2 Å². The molecule has 0 aromatic heterocycles. The van der Waals surface area contributed by atoms with Crippen LogP contribution >= 0.6 is 35.4 Å². The first-order valence-electron chi connectivity index (χ1n) is 8.05. The first-order valence-corrected chi connectivity index (χ1v) is 9.22. The van der Waals surface area contributed by atoms with E-state index in [1.807, 2.05) is 0 Å². The normalized spacial score (nSPS) is 13.4. The van der Waals surface area contributed by atoms with Crippen LogP contribution in [0.2, 0.25) is 10.0 Å². The van der Waals surface area contributed by atoms with Crippen LogP contribution in [0, 0.1) is 0 Å². The van der Waals surface area contributed by atoms with Gasteiger partial charge in [-0.2, -0.15) is 0 Å². The second-order valence-corrected chi connectivity index (χ2v) is 6.89. The minimum atomic E-state index is -0.816. The summed E-state index contributed by atoms with van der Waals surface area (Å²) in [7, 11) is 0. The zero-order valence-electron chi connectivity index (χ0n) is 14.3. The lowest BCUT2D eigenvalue weighted by Crippen LogP contribution is -2.42. The van der Waals surface area contributed by atoms with Crippen LogP contribution in [0.1, 0.15) is 6.92 Å². The zero-order chi connectivity index (χ0) is 19.4. The molecule has 1 aliphatic heterocycles. The molecule has 0 spiro atoms. The number of carbonyl (C=O) groups excluding carboxylic acids is 1. The minimum absolute atomic E-state index is 0.134. The van der Waals surface area contributed by atoms with Gasteiger partial charge in [-0.05, 0) is 49.5 Å². The average molecular weight is 427 g/mol. The largest absolute Gasteiger partial charge is 0.486 e. The molecule has 0 bridgehead atoms. The number of amides is 1. The van der Waals surface area contributed by atoms with Gasteiger partial charge in [-0.15, -0.1) is 0 Å². The Balaban J connectivity index is 1.56. The quantitative estimate of drug-likeness (QED) is 0.718. The molecule has 3 rings (SSSR count). The van der Waals surface area contributed by atoms with E-state index in [-0.39, 0.29) is 5.11 Å². The van der Waals surface area contributed by atoms with E-state index in [9.17, 15) is 4.79 Å². The number of ether oxygens (including phenoxy) is 3. The lowest BCUT2D eigenvalue weighted by atomic mass is 10.2. The molecule has 2 aromatic carbocycles. The first kappa shape index (κ1) is 19.5. The Labute approximate surface area is 171 Å². The highest BCUT2D eigenvalue weighted by Gasteiger charge is 2.18. The molecular formula is C18H16Cl2N2O4S. The smallest absolute Gasteiger partial charge is 0.266 e. The monoisotopic (exact) mass is 426 g/mol. The van der Waals surface area contributed by atoms with Crippen molar-refractivity contribution in [2.75, 3.05) is 18.5 Å². The summed E-state index contributed by atoms with van der Waals surface area (Å²) in [6, 6.07) is 10.1. The highest BCUT2D eigenvalue weighted by molar-refractivity contribution is 7.80. The third kappa shape index (κ3) is 5.15. The van der Waals surface area contributed by atoms with E-state index in [4.69, 9.17) is 49.6 Å². The van der Waals surface area contributed by atoms with Gasteiger partial charge in [0, 0.05) is 16.8 Å². The summed E-state index contributed by atoms with van der Waals surface area (Å²) in [6.07, 6.45) is -0.816. The average Bonchev–Trinajstić information content (AvgIpc) is 2.63.